The lowest BCUT2D eigenvalue weighted by Crippen LogP contribution is -2.15. The molecule has 0 bridgehead atoms. The molecule has 0 heterocycles. The highest BCUT2D eigenvalue weighted by molar-refractivity contribution is 5.13. The zero-order chi connectivity index (χ0) is 12.5. The first-order valence-electron chi connectivity index (χ1n) is 6.10. The SMILES string of the molecule is C[C@H](O)COCC[C@@H](C)OCc1ccccc1. The first-order valence-corrected chi connectivity index (χ1v) is 6.10. The second-order valence-corrected chi connectivity index (χ2v) is 4.32. The number of aliphatic hydroxyl groups excluding tert-OH is 1. The largest absolute Gasteiger partial charge is 0.391 e. The topological polar surface area (TPSA) is 38.7 Å². The van der Waals surface area contributed by atoms with Crippen molar-refractivity contribution < 1.29 is 14.6 Å². The fourth-order valence-electron chi connectivity index (χ4n) is 1.40. The van der Waals surface area contributed by atoms with Gasteiger partial charge in [-0.05, 0) is 25.8 Å². The number of ether oxygens (including phenoxy) is 2. The molecule has 1 N–H and O–H groups in total. The maximum Gasteiger partial charge on any atom is 0.0745 e. The summed E-state index contributed by atoms with van der Waals surface area (Å²) in [6.07, 6.45) is 0.624. The third-order valence-electron chi connectivity index (χ3n) is 2.41. The normalized spacial score (nSPS) is 14.5. The van der Waals surface area contributed by atoms with E-state index >= 15 is 0 Å². The van der Waals surface area contributed by atoms with Gasteiger partial charge in [0, 0.05) is 6.61 Å². The van der Waals surface area contributed by atoms with E-state index in [1.165, 1.54) is 5.56 Å². The molecular formula is C14H22O3. The molecule has 1 rings (SSSR count). The van der Waals surface area contributed by atoms with Gasteiger partial charge in [-0.3, -0.25) is 0 Å². The summed E-state index contributed by atoms with van der Waals surface area (Å²) < 4.78 is 11.0. The summed E-state index contributed by atoms with van der Waals surface area (Å²) in [7, 11) is 0. The Balaban J connectivity index is 2.07. The Morgan fingerprint density at radius 1 is 1.18 bits per heavy atom. The van der Waals surface area contributed by atoms with E-state index < -0.39 is 6.10 Å². The minimum absolute atomic E-state index is 0.171. The minimum Gasteiger partial charge on any atom is -0.391 e. The maximum absolute atomic E-state index is 9.01. The van der Waals surface area contributed by atoms with Crippen LogP contribution in [0.3, 0.4) is 0 Å². The molecule has 3 nitrogen and oxygen atoms in total. The Kier molecular flexibility index (Phi) is 6.86. The van der Waals surface area contributed by atoms with Gasteiger partial charge < -0.3 is 14.6 Å². The van der Waals surface area contributed by atoms with Crippen LogP contribution < -0.4 is 0 Å². The summed E-state index contributed by atoms with van der Waals surface area (Å²) in [6, 6.07) is 10.1. The molecule has 0 spiro atoms. The van der Waals surface area contributed by atoms with E-state index in [0.29, 0.717) is 19.8 Å². The second kappa shape index (κ2) is 8.23. The van der Waals surface area contributed by atoms with Gasteiger partial charge in [0.2, 0.25) is 0 Å². The van der Waals surface area contributed by atoms with E-state index in [9.17, 15) is 0 Å². The average Bonchev–Trinajstić information content (AvgIpc) is 2.33. The molecule has 0 aliphatic carbocycles. The quantitative estimate of drug-likeness (QED) is 0.707. The highest BCUT2D eigenvalue weighted by atomic mass is 16.5. The van der Waals surface area contributed by atoms with Crippen LogP contribution in [-0.4, -0.2) is 30.5 Å². The fourth-order valence-corrected chi connectivity index (χ4v) is 1.40. The summed E-state index contributed by atoms with van der Waals surface area (Å²) in [4.78, 5) is 0. The van der Waals surface area contributed by atoms with Crippen molar-refractivity contribution in [1.82, 2.24) is 0 Å². The lowest BCUT2D eigenvalue weighted by molar-refractivity contribution is 0.00315. The summed E-state index contributed by atoms with van der Waals surface area (Å²) in [5.41, 5.74) is 1.18. The van der Waals surface area contributed by atoms with Gasteiger partial charge in [-0.15, -0.1) is 0 Å². The lowest BCUT2D eigenvalue weighted by atomic mass is 10.2. The van der Waals surface area contributed by atoms with Crippen molar-refractivity contribution in [3.05, 3.63) is 35.9 Å². The molecule has 0 amide bonds. The average molecular weight is 238 g/mol. The molecule has 1 aromatic rings. The molecule has 0 fully saturated rings. The summed E-state index contributed by atoms with van der Waals surface area (Å²) in [5, 5.41) is 9.01. The van der Waals surface area contributed by atoms with Crippen molar-refractivity contribution in [2.75, 3.05) is 13.2 Å². The Morgan fingerprint density at radius 3 is 2.53 bits per heavy atom. The van der Waals surface area contributed by atoms with Gasteiger partial charge in [-0.25, -0.2) is 0 Å². The molecular weight excluding hydrogens is 216 g/mol. The molecule has 17 heavy (non-hydrogen) atoms. The first-order chi connectivity index (χ1) is 8.18. The standard InChI is InChI=1S/C14H22O3/c1-12(15)10-16-9-8-13(2)17-11-14-6-4-3-5-7-14/h3-7,12-13,15H,8-11H2,1-2H3/t12-,13+/m0/s1. The molecule has 1 aromatic carbocycles. The van der Waals surface area contributed by atoms with Crippen LogP contribution >= 0.6 is 0 Å². The predicted molar refractivity (Wildman–Crippen MR) is 67.8 cm³/mol. The Hall–Kier alpha value is -0.900. The molecule has 0 aliphatic rings. The van der Waals surface area contributed by atoms with Crippen molar-refractivity contribution in [2.45, 2.75) is 39.1 Å². The van der Waals surface area contributed by atoms with Crippen molar-refractivity contribution in [2.24, 2.45) is 0 Å². The first kappa shape index (κ1) is 14.2. The van der Waals surface area contributed by atoms with Crippen molar-refractivity contribution in [1.29, 1.82) is 0 Å². The lowest BCUT2D eigenvalue weighted by Gasteiger charge is -2.13. The Bertz CT molecular complexity index is 285. The smallest absolute Gasteiger partial charge is 0.0745 e. The van der Waals surface area contributed by atoms with E-state index in [0.717, 1.165) is 6.42 Å². The van der Waals surface area contributed by atoms with Crippen molar-refractivity contribution in [3.8, 4) is 0 Å². The van der Waals surface area contributed by atoms with Gasteiger partial charge in [0.15, 0.2) is 0 Å². The molecule has 0 saturated carbocycles. The number of hydrogen-bond acceptors (Lipinski definition) is 3. The van der Waals surface area contributed by atoms with Crippen LogP contribution in [0.25, 0.3) is 0 Å². The van der Waals surface area contributed by atoms with Gasteiger partial charge >= 0.3 is 0 Å². The van der Waals surface area contributed by atoms with E-state index in [1.54, 1.807) is 6.92 Å². The molecule has 0 aliphatic heterocycles. The van der Waals surface area contributed by atoms with E-state index in [2.05, 4.69) is 12.1 Å². The Labute approximate surface area is 103 Å². The van der Waals surface area contributed by atoms with Gasteiger partial charge in [0.05, 0.1) is 25.4 Å². The van der Waals surface area contributed by atoms with Gasteiger partial charge in [-0.2, -0.15) is 0 Å². The van der Waals surface area contributed by atoms with E-state index in [-0.39, 0.29) is 6.10 Å². The molecule has 0 saturated heterocycles. The predicted octanol–water partition coefficient (Wildman–Crippen LogP) is 2.38. The molecule has 0 unspecified atom stereocenters. The van der Waals surface area contributed by atoms with Crippen molar-refractivity contribution >= 4 is 0 Å². The van der Waals surface area contributed by atoms with E-state index in [4.69, 9.17) is 14.6 Å². The van der Waals surface area contributed by atoms with Crippen LogP contribution in [-0.2, 0) is 16.1 Å². The summed E-state index contributed by atoms with van der Waals surface area (Å²) in [6.45, 7) is 5.41. The van der Waals surface area contributed by atoms with Crippen molar-refractivity contribution in [3.63, 3.8) is 0 Å². The third kappa shape index (κ3) is 7.10. The van der Waals surface area contributed by atoms with Crippen LogP contribution in [0, 0.1) is 0 Å². The number of hydrogen-bond donors (Lipinski definition) is 1. The highest BCUT2D eigenvalue weighted by Gasteiger charge is 2.03. The highest BCUT2D eigenvalue weighted by Crippen LogP contribution is 2.05. The molecule has 0 aromatic heterocycles. The minimum atomic E-state index is -0.393. The number of rotatable bonds is 8. The van der Waals surface area contributed by atoms with Crippen LogP contribution in [0.2, 0.25) is 0 Å². The van der Waals surface area contributed by atoms with E-state index in [1.807, 2.05) is 25.1 Å². The molecule has 0 radical (unpaired) electrons. The van der Waals surface area contributed by atoms with Crippen LogP contribution in [0.5, 0.6) is 0 Å². The number of aliphatic hydroxyl groups is 1. The molecule has 3 heteroatoms. The van der Waals surface area contributed by atoms with Crippen LogP contribution in [0.1, 0.15) is 25.8 Å². The monoisotopic (exact) mass is 238 g/mol. The van der Waals surface area contributed by atoms with Gasteiger partial charge in [0.1, 0.15) is 0 Å². The molecule has 96 valence electrons. The van der Waals surface area contributed by atoms with Crippen LogP contribution in [0.15, 0.2) is 30.3 Å². The summed E-state index contributed by atoms with van der Waals surface area (Å²) >= 11 is 0. The summed E-state index contributed by atoms with van der Waals surface area (Å²) in [5.74, 6) is 0. The zero-order valence-electron chi connectivity index (χ0n) is 10.6. The third-order valence-corrected chi connectivity index (χ3v) is 2.41. The Morgan fingerprint density at radius 2 is 1.88 bits per heavy atom. The number of benzene rings is 1. The second-order valence-electron chi connectivity index (χ2n) is 4.32. The van der Waals surface area contributed by atoms with Gasteiger partial charge in [0.25, 0.3) is 0 Å². The zero-order valence-corrected chi connectivity index (χ0v) is 10.6. The maximum atomic E-state index is 9.01. The van der Waals surface area contributed by atoms with Gasteiger partial charge in [-0.1, -0.05) is 30.3 Å². The molecule has 2 atom stereocenters. The van der Waals surface area contributed by atoms with Crippen LogP contribution in [0.4, 0.5) is 0 Å². The fraction of sp³-hybridized carbons (Fsp3) is 0.571.